The molecule has 0 bridgehead atoms. The van der Waals surface area contributed by atoms with E-state index in [4.69, 9.17) is 16.0 Å². The fourth-order valence-electron chi connectivity index (χ4n) is 6.42. The second-order valence-corrected chi connectivity index (χ2v) is 11.9. The predicted molar refractivity (Wildman–Crippen MR) is 173 cm³/mol. The molecule has 1 nitrogen and oxygen atoms in total. The molecule has 3 aromatic rings. The van der Waals surface area contributed by atoms with Crippen LogP contribution in [0.1, 0.15) is 75.0 Å². The first-order chi connectivity index (χ1) is 19.4. The van der Waals surface area contributed by atoms with Crippen LogP contribution in [0, 0.1) is 11.8 Å². The van der Waals surface area contributed by atoms with Gasteiger partial charge >= 0.3 is 0 Å². The number of halogens is 1. The van der Waals surface area contributed by atoms with Crippen molar-refractivity contribution in [1.29, 1.82) is 0 Å². The van der Waals surface area contributed by atoms with Gasteiger partial charge in [-0.25, -0.2) is 0 Å². The smallest absolute Gasteiger partial charge is 0.135 e. The second-order valence-electron chi connectivity index (χ2n) is 11.5. The van der Waals surface area contributed by atoms with Crippen LogP contribution in [0.15, 0.2) is 106 Å². The predicted octanol–water partition coefficient (Wildman–Crippen LogP) is 11.3. The van der Waals surface area contributed by atoms with Crippen LogP contribution in [0.5, 0.6) is 0 Å². The minimum Gasteiger partial charge on any atom is -0.456 e. The van der Waals surface area contributed by atoms with Crippen molar-refractivity contribution < 1.29 is 4.42 Å². The highest BCUT2D eigenvalue weighted by molar-refractivity contribution is 6.31. The zero-order chi connectivity index (χ0) is 27.8. The number of fused-ring (bicyclic) bond motifs is 1. The number of hydrogen-bond donors (Lipinski definition) is 0. The number of rotatable bonds is 3. The summed E-state index contributed by atoms with van der Waals surface area (Å²) in [5.41, 5.74) is 13.7. The molecule has 0 spiro atoms. The molecule has 2 aromatic carbocycles. The minimum atomic E-state index is 0.481. The second kappa shape index (κ2) is 11.1. The molecule has 0 saturated carbocycles. The SMILES string of the molecule is C/C=C\C(Cl)=C(C)C.CC1C=C(c2ccc3c4c2C=CC2CC=C(c5cc6ccccc6o5)C(=C42)CC3)C=CC1. The van der Waals surface area contributed by atoms with Crippen LogP contribution in [0.25, 0.3) is 33.8 Å². The van der Waals surface area contributed by atoms with Crippen LogP contribution >= 0.6 is 11.6 Å². The summed E-state index contributed by atoms with van der Waals surface area (Å²) in [5.74, 6) is 2.11. The molecule has 0 saturated heterocycles. The lowest BCUT2D eigenvalue weighted by molar-refractivity contribution is 0.597. The first-order valence-electron chi connectivity index (χ1n) is 14.6. The van der Waals surface area contributed by atoms with Gasteiger partial charge in [-0.3, -0.25) is 0 Å². The lowest BCUT2D eigenvalue weighted by Gasteiger charge is -2.36. The number of para-hydroxylation sites is 1. The molecule has 7 rings (SSSR count). The molecular formula is C38H37ClO. The van der Waals surface area contributed by atoms with E-state index in [0.29, 0.717) is 11.8 Å². The Morgan fingerprint density at radius 1 is 1.02 bits per heavy atom. The summed E-state index contributed by atoms with van der Waals surface area (Å²) in [4.78, 5) is 0. The van der Waals surface area contributed by atoms with Gasteiger partial charge in [-0.2, -0.15) is 0 Å². The molecule has 40 heavy (non-hydrogen) atoms. The third kappa shape index (κ3) is 4.93. The van der Waals surface area contributed by atoms with E-state index in [2.05, 4.69) is 85.8 Å². The van der Waals surface area contributed by atoms with Crippen molar-refractivity contribution >= 4 is 45.4 Å². The van der Waals surface area contributed by atoms with E-state index in [-0.39, 0.29) is 0 Å². The van der Waals surface area contributed by atoms with Crippen molar-refractivity contribution in [2.24, 2.45) is 11.8 Å². The molecule has 0 amide bonds. The van der Waals surface area contributed by atoms with Crippen LogP contribution in [0.4, 0.5) is 0 Å². The number of allylic oxidation sites excluding steroid dienone is 13. The fraction of sp³-hybridized carbons (Fsp3) is 0.263. The van der Waals surface area contributed by atoms with Gasteiger partial charge in [-0.15, -0.1) is 0 Å². The van der Waals surface area contributed by atoms with Crippen molar-refractivity contribution in [2.45, 2.75) is 53.4 Å². The van der Waals surface area contributed by atoms with Crippen molar-refractivity contribution in [3.8, 4) is 0 Å². The molecule has 202 valence electrons. The lowest BCUT2D eigenvalue weighted by atomic mass is 9.68. The number of aryl methyl sites for hydroxylation is 1. The molecule has 0 aliphatic heterocycles. The number of hydrogen-bond acceptors (Lipinski definition) is 1. The van der Waals surface area contributed by atoms with E-state index >= 15 is 0 Å². The molecule has 0 fully saturated rings. The van der Waals surface area contributed by atoms with Crippen LogP contribution < -0.4 is 0 Å². The monoisotopic (exact) mass is 544 g/mol. The van der Waals surface area contributed by atoms with Crippen LogP contribution in [-0.4, -0.2) is 0 Å². The summed E-state index contributed by atoms with van der Waals surface area (Å²) in [7, 11) is 0. The van der Waals surface area contributed by atoms with Crippen LogP contribution in [-0.2, 0) is 6.42 Å². The van der Waals surface area contributed by atoms with Gasteiger partial charge in [0.25, 0.3) is 0 Å². The summed E-state index contributed by atoms with van der Waals surface area (Å²) in [5, 5.41) is 2.02. The highest BCUT2D eigenvalue weighted by Gasteiger charge is 2.34. The molecule has 2 atom stereocenters. The molecule has 1 heterocycles. The molecule has 0 radical (unpaired) electrons. The summed E-state index contributed by atoms with van der Waals surface area (Å²) >= 11 is 5.71. The Morgan fingerprint density at radius 2 is 1.88 bits per heavy atom. The Labute approximate surface area is 243 Å². The van der Waals surface area contributed by atoms with E-state index in [1.807, 2.05) is 32.9 Å². The number of furan rings is 1. The first kappa shape index (κ1) is 26.7. The van der Waals surface area contributed by atoms with Gasteiger partial charge in [-0.1, -0.05) is 97.0 Å². The van der Waals surface area contributed by atoms with Crippen molar-refractivity contribution in [3.05, 3.63) is 129 Å². The normalized spacial score (nSPS) is 20.6. The fourth-order valence-corrected chi connectivity index (χ4v) is 6.55. The van der Waals surface area contributed by atoms with E-state index in [0.717, 1.165) is 47.6 Å². The molecule has 2 heteroatoms. The maximum Gasteiger partial charge on any atom is 0.135 e. The van der Waals surface area contributed by atoms with Crippen molar-refractivity contribution in [1.82, 2.24) is 0 Å². The zero-order valence-electron chi connectivity index (χ0n) is 23.9. The Hall–Kier alpha value is -3.55. The standard InChI is InChI=1S/C31H26O.C7H11Cl/c1-19-5-4-7-22(17-19)24-13-9-20-12-16-27-25(29-18-23-6-2-3-8-28(23)32-29)14-10-21-11-15-26(24)30(20)31(21)27;1-4-5-7(8)6(2)3/h2-4,6-9,11,13-15,17-19,21H,5,10,12,16H2,1H3;4-5H,1-3H3/b;5-4-. The van der Waals surface area contributed by atoms with E-state index in [1.165, 1.54) is 44.4 Å². The van der Waals surface area contributed by atoms with E-state index in [9.17, 15) is 0 Å². The third-order valence-electron chi connectivity index (χ3n) is 8.40. The molecule has 1 aromatic heterocycles. The van der Waals surface area contributed by atoms with Gasteiger partial charge in [0.2, 0.25) is 0 Å². The summed E-state index contributed by atoms with van der Waals surface area (Å²) in [6.45, 7) is 8.24. The molecule has 4 aliphatic carbocycles. The van der Waals surface area contributed by atoms with Crippen molar-refractivity contribution in [2.75, 3.05) is 0 Å². The van der Waals surface area contributed by atoms with E-state index < -0.39 is 0 Å². The third-order valence-corrected chi connectivity index (χ3v) is 8.90. The first-order valence-corrected chi connectivity index (χ1v) is 14.9. The Kier molecular flexibility index (Phi) is 7.43. The van der Waals surface area contributed by atoms with Gasteiger partial charge in [0.1, 0.15) is 11.3 Å². The molecule has 4 aliphatic rings. The lowest BCUT2D eigenvalue weighted by Crippen LogP contribution is -2.19. The Morgan fingerprint density at radius 3 is 2.62 bits per heavy atom. The summed E-state index contributed by atoms with van der Waals surface area (Å²) in [6.07, 6.45) is 22.5. The van der Waals surface area contributed by atoms with Crippen molar-refractivity contribution in [3.63, 3.8) is 0 Å². The molecule has 2 unspecified atom stereocenters. The molecule has 0 N–H and O–H groups in total. The summed E-state index contributed by atoms with van der Waals surface area (Å²) < 4.78 is 6.32. The molecular weight excluding hydrogens is 508 g/mol. The van der Waals surface area contributed by atoms with Crippen LogP contribution in [0.2, 0.25) is 0 Å². The maximum atomic E-state index is 6.32. The maximum absolute atomic E-state index is 6.32. The Balaban J connectivity index is 0.000000319. The minimum absolute atomic E-state index is 0.481. The van der Waals surface area contributed by atoms with Gasteiger partial charge in [0, 0.05) is 21.9 Å². The van der Waals surface area contributed by atoms with E-state index in [1.54, 1.807) is 5.57 Å². The topological polar surface area (TPSA) is 13.1 Å². The quantitative estimate of drug-likeness (QED) is 0.299. The van der Waals surface area contributed by atoms with Gasteiger partial charge in [0.15, 0.2) is 0 Å². The van der Waals surface area contributed by atoms with Gasteiger partial charge in [-0.05, 0) is 110 Å². The average Bonchev–Trinajstić information content (AvgIpc) is 3.40. The van der Waals surface area contributed by atoms with Gasteiger partial charge < -0.3 is 4.42 Å². The largest absolute Gasteiger partial charge is 0.456 e. The van der Waals surface area contributed by atoms with Crippen LogP contribution in [0.3, 0.4) is 0 Å². The Bertz CT molecular complexity index is 1660. The average molecular weight is 545 g/mol. The van der Waals surface area contributed by atoms with Gasteiger partial charge in [0.05, 0.1) is 0 Å². The highest BCUT2D eigenvalue weighted by Crippen LogP contribution is 2.52. The summed E-state index contributed by atoms with van der Waals surface area (Å²) in [6, 6.07) is 15.3. The number of benzene rings is 2. The highest BCUT2D eigenvalue weighted by atomic mass is 35.5. The zero-order valence-corrected chi connectivity index (χ0v) is 24.7.